The summed E-state index contributed by atoms with van der Waals surface area (Å²) in [5, 5.41) is 8.64. The summed E-state index contributed by atoms with van der Waals surface area (Å²) in [7, 11) is 0. The normalized spacial score (nSPS) is 19.2. The van der Waals surface area contributed by atoms with E-state index in [9.17, 15) is 4.79 Å². The number of benzene rings is 1. The van der Waals surface area contributed by atoms with Gasteiger partial charge in [-0.25, -0.2) is 4.79 Å². The van der Waals surface area contributed by atoms with Crippen LogP contribution in [0.25, 0.3) is 0 Å². The molecule has 0 aromatic heterocycles. The fraction of sp³-hybridized carbons (Fsp3) is 0.462. The lowest BCUT2D eigenvalue weighted by Gasteiger charge is -2.15. The minimum absolute atomic E-state index is 0.0425. The quantitative estimate of drug-likeness (QED) is 0.784. The second kappa shape index (κ2) is 5.19. The molecule has 1 aromatic carbocycles. The zero-order valence-electron chi connectivity index (χ0n) is 9.69. The molecule has 4 nitrogen and oxygen atoms in total. The highest BCUT2D eigenvalue weighted by Gasteiger charge is 2.18. The summed E-state index contributed by atoms with van der Waals surface area (Å²) in [4.78, 5) is 10.5. The Bertz CT molecular complexity index is 417. The van der Waals surface area contributed by atoms with Crippen LogP contribution in [0.3, 0.4) is 0 Å². The molecule has 3 N–H and O–H groups in total. The maximum Gasteiger partial charge on any atom is 0.341 e. The topological polar surface area (TPSA) is 72.5 Å². The first-order chi connectivity index (χ1) is 8.18. The largest absolute Gasteiger partial charge is 0.482 e. The lowest BCUT2D eigenvalue weighted by molar-refractivity contribution is -0.139. The van der Waals surface area contributed by atoms with E-state index in [1.54, 1.807) is 0 Å². The molecule has 0 heterocycles. The highest BCUT2D eigenvalue weighted by molar-refractivity contribution is 5.68. The minimum Gasteiger partial charge on any atom is -0.482 e. The Kier molecular flexibility index (Phi) is 3.64. The molecule has 0 bridgehead atoms. The number of fused-ring (bicyclic) bond motifs is 1. The van der Waals surface area contributed by atoms with E-state index in [0.717, 1.165) is 36.8 Å². The molecule has 1 atom stereocenters. The second-order valence-corrected chi connectivity index (χ2v) is 4.36. The predicted molar refractivity (Wildman–Crippen MR) is 64.1 cm³/mol. The van der Waals surface area contributed by atoms with Gasteiger partial charge in [-0.2, -0.15) is 0 Å². The number of aliphatic carboxylic acids is 1. The van der Waals surface area contributed by atoms with Crippen LogP contribution in [0.4, 0.5) is 0 Å². The summed E-state index contributed by atoms with van der Waals surface area (Å²) < 4.78 is 5.31. The second-order valence-electron chi connectivity index (χ2n) is 4.36. The van der Waals surface area contributed by atoms with Crippen molar-refractivity contribution in [2.24, 2.45) is 5.73 Å². The molecular formula is C13H17NO3. The number of carboxylic acid groups (broad SMARTS) is 1. The van der Waals surface area contributed by atoms with E-state index in [1.165, 1.54) is 0 Å². The molecular weight excluding hydrogens is 218 g/mol. The van der Waals surface area contributed by atoms with E-state index in [1.807, 2.05) is 18.2 Å². The maximum atomic E-state index is 10.5. The number of hydrogen-bond donors (Lipinski definition) is 2. The maximum absolute atomic E-state index is 10.5. The van der Waals surface area contributed by atoms with Crippen molar-refractivity contribution in [2.45, 2.75) is 31.7 Å². The molecule has 0 saturated heterocycles. The predicted octanol–water partition coefficient (Wildman–Crippen LogP) is 1.88. The van der Waals surface area contributed by atoms with Crippen molar-refractivity contribution in [3.63, 3.8) is 0 Å². The average Bonchev–Trinajstić information content (AvgIpc) is 2.49. The van der Waals surface area contributed by atoms with Gasteiger partial charge in [-0.15, -0.1) is 0 Å². The molecule has 4 heteroatoms. The number of nitrogens with two attached hydrogens (primary N) is 1. The third-order valence-electron chi connectivity index (χ3n) is 3.11. The molecule has 2 rings (SSSR count). The summed E-state index contributed by atoms with van der Waals surface area (Å²) in [6.07, 6.45) is 4.08. The summed E-state index contributed by atoms with van der Waals surface area (Å²) in [6, 6.07) is 5.75. The molecule has 0 spiro atoms. The summed E-state index contributed by atoms with van der Waals surface area (Å²) in [5.41, 5.74) is 8.28. The SMILES string of the molecule is NC1CCCCc2c(OCC(=O)O)cccc21. The highest BCUT2D eigenvalue weighted by atomic mass is 16.5. The zero-order valence-corrected chi connectivity index (χ0v) is 9.69. The molecule has 0 aliphatic heterocycles. The van der Waals surface area contributed by atoms with Crippen molar-refractivity contribution >= 4 is 5.97 Å². The Morgan fingerprint density at radius 2 is 2.29 bits per heavy atom. The smallest absolute Gasteiger partial charge is 0.341 e. The molecule has 1 aromatic rings. The monoisotopic (exact) mass is 235 g/mol. The number of carbonyl (C=O) groups is 1. The molecule has 1 unspecified atom stereocenters. The van der Waals surface area contributed by atoms with Gasteiger partial charge in [0.1, 0.15) is 5.75 Å². The first-order valence-electron chi connectivity index (χ1n) is 5.90. The Labute approximate surface area is 100 Å². The lowest BCUT2D eigenvalue weighted by atomic mass is 9.99. The van der Waals surface area contributed by atoms with Crippen LogP contribution >= 0.6 is 0 Å². The summed E-state index contributed by atoms with van der Waals surface area (Å²) in [6.45, 7) is -0.300. The third kappa shape index (κ3) is 2.77. The van der Waals surface area contributed by atoms with Crippen LogP contribution in [0, 0.1) is 0 Å². The van der Waals surface area contributed by atoms with Crippen LogP contribution in [0.5, 0.6) is 5.75 Å². The van der Waals surface area contributed by atoms with Crippen LogP contribution in [0.1, 0.15) is 36.4 Å². The summed E-state index contributed by atoms with van der Waals surface area (Å²) >= 11 is 0. The van der Waals surface area contributed by atoms with Crippen LogP contribution in [0.2, 0.25) is 0 Å². The van der Waals surface area contributed by atoms with Gasteiger partial charge in [-0.1, -0.05) is 18.6 Å². The number of rotatable bonds is 3. The first-order valence-corrected chi connectivity index (χ1v) is 5.90. The summed E-state index contributed by atoms with van der Waals surface area (Å²) in [5.74, 6) is -0.289. The van der Waals surface area contributed by atoms with Crippen molar-refractivity contribution in [3.05, 3.63) is 29.3 Å². The van der Waals surface area contributed by atoms with Crippen LogP contribution in [0.15, 0.2) is 18.2 Å². The minimum atomic E-state index is -0.958. The van der Waals surface area contributed by atoms with E-state index < -0.39 is 5.97 Å². The van der Waals surface area contributed by atoms with Gasteiger partial charge in [0.25, 0.3) is 0 Å². The van der Waals surface area contributed by atoms with Crippen LogP contribution in [-0.4, -0.2) is 17.7 Å². The Balaban J connectivity index is 2.27. The number of ether oxygens (including phenoxy) is 1. The van der Waals surface area contributed by atoms with Crippen molar-refractivity contribution in [3.8, 4) is 5.75 Å². The van der Waals surface area contributed by atoms with Crippen molar-refractivity contribution in [2.75, 3.05) is 6.61 Å². The van der Waals surface area contributed by atoms with Gasteiger partial charge in [0.15, 0.2) is 6.61 Å². The van der Waals surface area contributed by atoms with E-state index in [-0.39, 0.29) is 12.6 Å². The Hall–Kier alpha value is -1.55. The van der Waals surface area contributed by atoms with Gasteiger partial charge in [-0.3, -0.25) is 0 Å². The molecule has 0 saturated carbocycles. The van der Waals surface area contributed by atoms with Gasteiger partial charge in [0.05, 0.1) is 0 Å². The van der Waals surface area contributed by atoms with Crippen LogP contribution in [-0.2, 0) is 11.2 Å². The fourth-order valence-corrected chi connectivity index (χ4v) is 2.29. The van der Waals surface area contributed by atoms with Gasteiger partial charge in [0, 0.05) is 6.04 Å². The molecule has 92 valence electrons. The average molecular weight is 235 g/mol. The Morgan fingerprint density at radius 3 is 3.06 bits per heavy atom. The van der Waals surface area contributed by atoms with E-state index in [4.69, 9.17) is 15.6 Å². The Morgan fingerprint density at radius 1 is 1.47 bits per heavy atom. The fourth-order valence-electron chi connectivity index (χ4n) is 2.29. The van der Waals surface area contributed by atoms with Gasteiger partial charge >= 0.3 is 5.97 Å². The number of hydrogen-bond acceptors (Lipinski definition) is 3. The highest BCUT2D eigenvalue weighted by Crippen LogP contribution is 2.32. The molecule has 1 aliphatic carbocycles. The van der Waals surface area contributed by atoms with Crippen molar-refractivity contribution in [1.82, 2.24) is 0 Å². The van der Waals surface area contributed by atoms with E-state index >= 15 is 0 Å². The molecule has 0 amide bonds. The number of carboxylic acids is 1. The van der Waals surface area contributed by atoms with Gasteiger partial charge in [-0.05, 0) is 36.5 Å². The molecule has 0 radical (unpaired) electrons. The zero-order chi connectivity index (χ0) is 12.3. The van der Waals surface area contributed by atoms with Gasteiger partial charge < -0.3 is 15.6 Å². The molecule has 1 aliphatic rings. The van der Waals surface area contributed by atoms with Crippen molar-refractivity contribution < 1.29 is 14.6 Å². The molecule has 0 fully saturated rings. The van der Waals surface area contributed by atoms with E-state index in [2.05, 4.69) is 0 Å². The third-order valence-corrected chi connectivity index (χ3v) is 3.11. The molecule has 17 heavy (non-hydrogen) atoms. The van der Waals surface area contributed by atoms with Crippen LogP contribution < -0.4 is 10.5 Å². The first kappa shape index (κ1) is 11.9. The van der Waals surface area contributed by atoms with E-state index in [0.29, 0.717) is 5.75 Å². The van der Waals surface area contributed by atoms with Crippen molar-refractivity contribution in [1.29, 1.82) is 0 Å². The standard InChI is InChI=1S/C13H17NO3/c14-11-6-2-1-4-10-9(11)5-3-7-12(10)17-8-13(15)16/h3,5,7,11H,1-2,4,6,8,14H2,(H,15,16). The van der Waals surface area contributed by atoms with Gasteiger partial charge in [0.2, 0.25) is 0 Å². The lowest BCUT2D eigenvalue weighted by Crippen LogP contribution is -2.13.